The fraction of sp³-hybridized carbons (Fsp3) is 0.125. The fourth-order valence-electron chi connectivity index (χ4n) is 2.61. The van der Waals surface area contributed by atoms with Gasteiger partial charge in [0.05, 0.1) is 7.11 Å². The largest absolute Gasteiger partial charge is 0.453 e. The van der Waals surface area contributed by atoms with Crippen molar-refractivity contribution in [3.05, 3.63) is 40.9 Å². The van der Waals surface area contributed by atoms with Gasteiger partial charge in [-0.25, -0.2) is 4.79 Å². The quantitative estimate of drug-likeness (QED) is 0.703. The molecule has 0 fully saturated rings. The van der Waals surface area contributed by atoms with Crippen LogP contribution in [0.2, 0.25) is 0 Å². The van der Waals surface area contributed by atoms with Crippen molar-refractivity contribution in [3.63, 3.8) is 0 Å². The smallest absolute Gasteiger partial charge is 0.413 e. The molecule has 1 aromatic heterocycles. The summed E-state index contributed by atoms with van der Waals surface area (Å²) in [4.78, 5) is 23.2. The molecule has 1 N–H and O–H groups in total. The molecule has 0 atom stereocenters. The van der Waals surface area contributed by atoms with E-state index in [4.69, 9.17) is 7.85 Å². The van der Waals surface area contributed by atoms with Crippen LogP contribution in [0.3, 0.4) is 0 Å². The maximum atomic E-state index is 12.0. The average Bonchev–Trinajstić information content (AvgIpc) is 2.80. The number of benzene rings is 2. The SMILES string of the molecule is [B]c1ccc2c(c1)c1cc(Br)ccc1n2CC(=O)NC(=O)OC. The van der Waals surface area contributed by atoms with E-state index in [1.54, 1.807) is 6.07 Å². The Balaban J connectivity index is 2.14. The molecule has 1 heterocycles. The van der Waals surface area contributed by atoms with E-state index in [1.807, 2.05) is 34.9 Å². The first-order chi connectivity index (χ1) is 11.0. The zero-order valence-corrected chi connectivity index (χ0v) is 13.9. The first kappa shape index (κ1) is 15.6. The third-order valence-corrected chi connectivity index (χ3v) is 4.07. The molecule has 0 bridgehead atoms. The lowest BCUT2D eigenvalue weighted by Gasteiger charge is -2.07. The molecule has 0 saturated heterocycles. The van der Waals surface area contributed by atoms with Crippen molar-refractivity contribution < 1.29 is 14.3 Å². The van der Waals surface area contributed by atoms with E-state index >= 15 is 0 Å². The van der Waals surface area contributed by atoms with Crippen LogP contribution in [-0.4, -0.2) is 31.5 Å². The van der Waals surface area contributed by atoms with Crippen molar-refractivity contribution in [1.29, 1.82) is 0 Å². The Kier molecular flexibility index (Phi) is 4.13. The zero-order valence-electron chi connectivity index (χ0n) is 12.3. The lowest BCUT2D eigenvalue weighted by atomic mass is 9.94. The van der Waals surface area contributed by atoms with Gasteiger partial charge in [0, 0.05) is 26.3 Å². The molecule has 3 aromatic rings. The Morgan fingerprint density at radius 3 is 2.52 bits per heavy atom. The highest BCUT2D eigenvalue weighted by Crippen LogP contribution is 2.30. The highest BCUT2D eigenvalue weighted by Gasteiger charge is 2.15. The average molecular weight is 371 g/mol. The van der Waals surface area contributed by atoms with Gasteiger partial charge in [0.15, 0.2) is 0 Å². The highest BCUT2D eigenvalue weighted by molar-refractivity contribution is 9.10. The number of aromatic nitrogens is 1. The van der Waals surface area contributed by atoms with Gasteiger partial charge in [0.2, 0.25) is 5.91 Å². The first-order valence-corrected chi connectivity index (χ1v) is 7.63. The number of carbonyl (C=O) groups excluding carboxylic acids is 2. The number of rotatable bonds is 2. The number of hydrogen-bond acceptors (Lipinski definition) is 3. The molecule has 2 radical (unpaired) electrons. The van der Waals surface area contributed by atoms with Gasteiger partial charge in [-0.3, -0.25) is 10.1 Å². The van der Waals surface area contributed by atoms with Crippen LogP contribution in [0.25, 0.3) is 21.8 Å². The van der Waals surface area contributed by atoms with E-state index < -0.39 is 12.0 Å². The predicted molar refractivity (Wildman–Crippen MR) is 93.1 cm³/mol. The van der Waals surface area contributed by atoms with Crippen molar-refractivity contribution in [2.45, 2.75) is 6.54 Å². The number of nitrogens with one attached hydrogen (secondary N) is 1. The van der Waals surface area contributed by atoms with Crippen molar-refractivity contribution in [1.82, 2.24) is 9.88 Å². The van der Waals surface area contributed by atoms with Gasteiger partial charge < -0.3 is 9.30 Å². The van der Waals surface area contributed by atoms with E-state index in [2.05, 4.69) is 26.0 Å². The van der Waals surface area contributed by atoms with E-state index in [-0.39, 0.29) is 6.54 Å². The van der Waals surface area contributed by atoms with E-state index in [9.17, 15) is 9.59 Å². The summed E-state index contributed by atoms with van der Waals surface area (Å²) in [6.45, 7) is 0.000645. The number of amides is 2. The zero-order chi connectivity index (χ0) is 16.6. The molecule has 5 nitrogen and oxygen atoms in total. The minimum atomic E-state index is -0.775. The minimum absolute atomic E-state index is 0.000645. The normalized spacial score (nSPS) is 10.9. The van der Waals surface area contributed by atoms with Gasteiger partial charge in [-0.05, 0) is 24.3 Å². The second kappa shape index (κ2) is 6.08. The second-order valence-electron chi connectivity index (χ2n) is 5.06. The standard InChI is InChI=1S/C16H12BBrN2O3/c1-23-16(22)19-15(21)8-20-13-4-2-9(17)6-11(13)12-7-10(18)3-5-14(12)20/h2-7H,8H2,1H3,(H,19,21,22). The summed E-state index contributed by atoms with van der Waals surface area (Å²) in [6.07, 6.45) is -0.775. The molecule has 0 unspecified atom stereocenters. The molecule has 2 aromatic carbocycles. The summed E-state index contributed by atoms with van der Waals surface area (Å²) in [5, 5.41) is 4.10. The topological polar surface area (TPSA) is 60.3 Å². The summed E-state index contributed by atoms with van der Waals surface area (Å²) in [7, 11) is 7.10. The van der Waals surface area contributed by atoms with Crippen LogP contribution in [0.4, 0.5) is 4.79 Å². The number of halogens is 1. The molecule has 0 aliphatic heterocycles. The molecule has 0 saturated carbocycles. The summed E-state index contributed by atoms with van der Waals surface area (Å²) in [5.74, 6) is -0.449. The Morgan fingerprint density at radius 2 is 1.83 bits per heavy atom. The molecule has 23 heavy (non-hydrogen) atoms. The molecule has 114 valence electrons. The highest BCUT2D eigenvalue weighted by atomic mass is 79.9. The van der Waals surface area contributed by atoms with Crippen molar-refractivity contribution in [2.24, 2.45) is 0 Å². The molecule has 2 amide bonds. The maximum absolute atomic E-state index is 12.0. The Morgan fingerprint density at radius 1 is 1.17 bits per heavy atom. The van der Waals surface area contributed by atoms with Gasteiger partial charge in [-0.15, -0.1) is 0 Å². The molecule has 7 heteroatoms. The molecular weight excluding hydrogens is 359 g/mol. The number of fused-ring (bicyclic) bond motifs is 3. The summed E-state index contributed by atoms with van der Waals surface area (Å²) >= 11 is 3.46. The van der Waals surface area contributed by atoms with Crippen molar-refractivity contribution in [2.75, 3.05) is 7.11 Å². The van der Waals surface area contributed by atoms with Crippen molar-refractivity contribution in [3.8, 4) is 0 Å². The molecule has 3 rings (SSSR count). The van der Waals surface area contributed by atoms with Gasteiger partial charge in [-0.1, -0.05) is 33.5 Å². The molecule has 0 aliphatic rings. The van der Waals surface area contributed by atoms with Gasteiger partial charge >= 0.3 is 6.09 Å². The summed E-state index contributed by atoms with van der Waals surface area (Å²) in [5.41, 5.74) is 2.40. The van der Waals surface area contributed by atoms with Crippen LogP contribution in [0.5, 0.6) is 0 Å². The van der Waals surface area contributed by atoms with Crippen LogP contribution in [-0.2, 0) is 16.1 Å². The third kappa shape index (κ3) is 2.96. The monoisotopic (exact) mass is 370 g/mol. The Bertz CT molecular complexity index is 877. The van der Waals surface area contributed by atoms with Gasteiger partial charge in [-0.2, -0.15) is 0 Å². The Labute approximate surface area is 142 Å². The van der Waals surface area contributed by atoms with Crippen LogP contribution in [0.15, 0.2) is 40.9 Å². The number of ether oxygens (including phenoxy) is 1. The van der Waals surface area contributed by atoms with Crippen LogP contribution >= 0.6 is 15.9 Å². The summed E-state index contributed by atoms with van der Waals surface area (Å²) in [6, 6.07) is 11.3. The number of methoxy groups -OCH3 is 1. The fourth-order valence-corrected chi connectivity index (χ4v) is 2.97. The lowest BCUT2D eigenvalue weighted by Crippen LogP contribution is -2.33. The van der Waals surface area contributed by atoms with Crippen molar-refractivity contribution >= 4 is 63.0 Å². The minimum Gasteiger partial charge on any atom is -0.453 e. The third-order valence-electron chi connectivity index (χ3n) is 3.58. The number of hydrogen-bond donors (Lipinski definition) is 1. The van der Waals surface area contributed by atoms with Crippen LogP contribution in [0.1, 0.15) is 0 Å². The number of nitrogens with zero attached hydrogens (tertiary/aromatic N) is 1. The maximum Gasteiger partial charge on any atom is 0.413 e. The first-order valence-electron chi connectivity index (χ1n) is 6.84. The lowest BCUT2D eigenvalue weighted by molar-refractivity contribution is -0.120. The predicted octanol–water partition coefficient (Wildman–Crippen LogP) is 2.23. The van der Waals surface area contributed by atoms with Crippen LogP contribution in [0, 0.1) is 0 Å². The number of alkyl carbamates (subject to hydrolysis) is 1. The van der Waals surface area contributed by atoms with E-state index in [0.29, 0.717) is 5.46 Å². The second-order valence-corrected chi connectivity index (χ2v) is 5.98. The molecule has 0 spiro atoms. The summed E-state index contributed by atoms with van der Waals surface area (Å²) < 4.78 is 7.22. The molecular formula is C16H12BBrN2O3. The number of carbonyl (C=O) groups is 2. The van der Waals surface area contributed by atoms with Gasteiger partial charge in [0.25, 0.3) is 0 Å². The van der Waals surface area contributed by atoms with E-state index in [0.717, 1.165) is 26.3 Å². The molecule has 0 aliphatic carbocycles. The Hall–Kier alpha value is -2.28. The number of imide groups is 1. The van der Waals surface area contributed by atoms with E-state index in [1.165, 1.54) is 7.11 Å². The van der Waals surface area contributed by atoms with Crippen LogP contribution < -0.4 is 10.8 Å². The van der Waals surface area contributed by atoms with Gasteiger partial charge in [0.1, 0.15) is 14.4 Å².